The first-order valence-electron chi connectivity index (χ1n) is 8.53. The van der Waals surface area contributed by atoms with Gasteiger partial charge in [-0.2, -0.15) is 0 Å². The van der Waals surface area contributed by atoms with Crippen LogP contribution in [0.3, 0.4) is 0 Å². The SMILES string of the molecule is COc1ccc2nc(Cc3ccc(N4CCC(F)C4)nc3)[nH]c(=O)c2c1. The van der Waals surface area contributed by atoms with E-state index in [1.54, 1.807) is 31.5 Å². The zero-order valence-electron chi connectivity index (χ0n) is 14.4. The Morgan fingerprint density at radius 1 is 1.35 bits per heavy atom. The van der Waals surface area contributed by atoms with E-state index in [-0.39, 0.29) is 5.56 Å². The van der Waals surface area contributed by atoms with E-state index < -0.39 is 6.17 Å². The number of halogens is 1. The molecule has 1 aliphatic rings. The van der Waals surface area contributed by atoms with Crippen molar-refractivity contribution in [3.05, 3.63) is 58.3 Å². The van der Waals surface area contributed by atoms with Gasteiger partial charge in [0.2, 0.25) is 0 Å². The van der Waals surface area contributed by atoms with Gasteiger partial charge in [0.15, 0.2) is 0 Å². The van der Waals surface area contributed by atoms with Crippen molar-refractivity contribution in [3.8, 4) is 5.75 Å². The summed E-state index contributed by atoms with van der Waals surface area (Å²) < 4.78 is 18.5. The summed E-state index contributed by atoms with van der Waals surface area (Å²) in [6.45, 7) is 1.09. The van der Waals surface area contributed by atoms with Crippen molar-refractivity contribution in [2.75, 3.05) is 25.1 Å². The van der Waals surface area contributed by atoms with Crippen molar-refractivity contribution >= 4 is 16.7 Å². The van der Waals surface area contributed by atoms with Gasteiger partial charge in [0.05, 0.1) is 24.6 Å². The van der Waals surface area contributed by atoms with Crippen LogP contribution in [0.2, 0.25) is 0 Å². The smallest absolute Gasteiger partial charge is 0.258 e. The van der Waals surface area contributed by atoms with E-state index in [2.05, 4.69) is 15.0 Å². The maximum atomic E-state index is 13.3. The standard InChI is InChI=1S/C19H19FN4O2/c1-26-14-3-4-16-15(9-14)19(25)23-17(22-16)8-12-2-5-18(21-10-12)24-7-6-13(20)11-24/h2-5,9-10,13H,6-8,11H2,1H3,(H,22,23,25). The fourth-order valence-electron chi connectivity index (χ4n) is 3.20. The molecular formula is C19H19FN4O2. The molecule has 0 bridgehead atoms. The molecule has 1 atom stereocenters. The van der Waals surface area contributed by atoms with E-state index in [1.807, 2.05) is 17.0 Å². The Morgan fingerprint density at radius 2 is 2.23 bits per heavy atom. The Hall–Kier alpha value is -2.96. The molecule has 2 aromatic heterocycles. The molecule has 3 heterocycles. The highest BCUT2D eigenvalue weighted by Gasteiger charge is 2.22. The first-order chi connectivity index (χ1) is 12.6. The van der Waals surface area contributed by atoms with Crippen LogP contribution in [0.1, 0.15) is 17.8 Å². The fourth-order valence-corrected chi connectivity index (χ4v) is 3.20. The molecule has 0 radical (unpaired) electrons. The second-order valence-electron chi connectivity index (χ2n) is 6.43. The van der Waals surface area contributed by atoms with Crippen LogP contribution in [0.25, 0.3) is 10.9 Å². The Balaban J connectivity index is 1.56. The number of pyridine rings is 1. The van der Waals surface area contributed by atoms with Crippen LogP contribution < -0.4 is 15.2 Å². The topological polar surface area (TPSA) is 71.1 Å². The number of alkyl halides is 1. The van der Waals surface area contributed by atoms with Gasteiger partial charge in [-0.3, -0.25) is 4.79 Å². The number of rotatable bonds is 4. The molecule has 0 saturated carbocycles. The summed E-state index contributed by atoms with van der Waals surface area (Å²) in [5.74, 6) is 1.97. The number of aromatic nitrogens is 3. The van der Waals surface area contributed by atoms with E-state index in [1.165, 1.54) is 0 Å². The summed E-state index contributed by atoms with van der Waals surface area (Å²) >= 11 is 0. The number of nitrogens with one attached hydrogen (secondary N) is 1. The lowest BCUT2D eigenvalue weighted by molar-refractivity contribution is 0.364. The average Bonchev–Trinajstić information content (AvgIpc) is 3.08. The summed E-state index contributed by atoms with van der Waals surface area (Å²) in [6, 6.07) is 9.05. The second kappa shape index (κ2) is 6.74. The molecule has 1 N–H and O–H groups in total. The quantitative estimate of drug-likeness (QED) is 0.779. The highest BCUT2D eigenvalue weighted by atomic mass is 19.1. The largest absolute Gasteiger partial charge is 0.497 e. The Kier molecular flexibility index (Phi) is 4.28. The van der Waals surface area contributed by atoms with E-state index in [9.17, 15) is 9.18 Å². The number of H-pyrrole nitrogens is 1. The highest BCUT2D eigenvalue weighted by Crippen LogP contribution is 2.21. The number of aromatic amines is 1. The first kappa shape index (κ1) is 16.5. The average molecular weight is 354 g/mol. The number of fused-ring (bicyclic) bond motifs is 1. The van der Waals surface area contributed by atoms with Gasteiger partial charge in [0, 0.05) is 19.2 Å². The fraction of sp³-hybridized carbons (Fsp3) is 0.316. The molecule has 26 heavy (non-hydrogen) atoms. The van der Waals surface area contributed by atoms with Crippen molar-refractivity contribution in [2.45, 2.75) is 19.0 Å². The van der Waals surface area contributed by atoms with Gasteiger partial charge >= 0.3 is 0 Å². The molecule has 1 saturated heterocycles. The molecule has 0 spiro atoms. The number of hydrogen-bond donors (Lipinski definition) is 1. The van der Waals surface area contributed by atoms with Crippen LogP contribution in [0.4, 0.5) is 10.2 Å². The number of ether oxygens (including phenoxy) is 1. The predicted octanol–water partition coefficient (Wildman–Crippen LogP) is 2.47. The van der Waals surface area contributed by atoms with Gasteiger partial charge in [-0.15, -0.1) is 0 Å². The van der Waals surface area contributed by atoms with E-state index in [4.69, 9.17) is 4.74 Å². The molecule has 1 aliphatic heterocycles. The van der Waals surface area contributed by atoms with Crippen LogP contribution in [-0.4, -0.2) is 41.3 Å². The van der Waals surface area contributed by atoms with Gasteiger partial charge in [-0.05, 0) is 36.2 Å². The maximum Gasteiger partial charge on any atom is 0.258 e. The molecule has 6 nitrogen and oxygen atoms in total. The minimum atomic E-state index is -0.776. The number of anilines is 1. The minimum Gasteiger partial charge on any atom is -0.497 e. The lowest BCUT2D eigenvalue weighted by Crippen LogP contribution is -2.21. The van der Waals surface area contributed by atoms with Crippen LogP contribution in [-0.2, 0) is 6.42 Å². The molecule has 1 aromatic carbocycles. The normalized spacial score (nSPS) is 17.0. The van der Waals surface area contributed by atoms with E-state index in [0.717, 1.165) is 11.4 Å². The van der Waals surface area contributed by atoms with E-state index in [0.29, 0.717) is 48.4 Å². The molecule has 0 aliphatic carbocycles. The Morgan fingerprint density at radius 3 is 2.92 bits per heavy atom. The van der Waals surface area contributed by atoms with E-state index >= 15 is 0 Å². The third kappa shape index (κ3) is 3.24. The number of methoxy groups -OCH3 is 1. The van der Waals surface area contributed by atoms with Crippen molar-refractivity contribution in [1.82, 2.24) is 15.0 Å². The third-order valence-corrected chi connectivity index (χ3v) is 4.60. The summed E-state index contributed by atoms with van der Waals surface area (Å²) in [4.78, 5) is 26.0. The van der Waals surface area contributed by atoms with Crippen LogP contribution in [0.5, 0.6) is 5.75 Å². The number of benzene rings is 1. The monoisotopic (exact) mass is 354 g/mol. The molecule has 3 aromatic rings. The van der Waals surface area contributed by atoms with Crippen molar-refractivity contribution < 1.29 is 9.13 Å². The van der Waals surface area contributed by atoms with Crippen LogP contribution >= 0.6 is 0 Å². The minimum absolute atomic E-state index is 0.195. The molecule has 134 valence electrons. The summed E-state index contributed by atoms with van der Waals surface area (Å²) in [6.07, 6.45) is 1.99. The van der Waals surface area contributed by atoms with Crippen molar-refractivity contribution in [2.24, 2.45) is 0 Å². The molecule has 1 unspecified atom stereocenters. The van der Waals surface area contributed by atoms with Gasteiger partial charge < -0.3 is 14.6 Å². The van der Waals surface area contributed by atoms with Crippen LogP contribution in [0.15, 0.2) is 41.3 Å². The highest BCUT2D eigenvalue weighted by molar-refractivity contribution is 5.79. The van der Waals surface area contributed by atoms with Crippen LogP contribution in [0, 0.1) is 0 Å². The Labute approximate surface area is 149 Å². The second-order valence-corrected chi connectivity index (χ2v) is 6.43. The molecule has 7 heteroatoms. The van der Waals surface area contributed by atoms with Crippen molar-refractivity contribution in [3.63, 3.8) is 0 Å². The number of nitrogens with zero attached hydrogens (tertiary/aromatic N) is 3. The van der Waals surface area contributed by atoms with Crippen molar-refractivity contribution in [1.29, 1.82) is 0 Å². The third-order valence-electron chi connectivity index (χ3n) is 4.60. The summed E-state index contributed by atoms with van der Waals surface area (Å²) in [5, 5.41) is 0.497. The van der Waals surface area contributed by atoms with Gasteiger partial charge in [-0.25, -0.2) is 14.4 Å². The Bertz CT molecular complexity index is 987. The van der Waals surface area contributed by atoms with Gasteiger partial charge in [-0.1, -0.05) is 6.07 Å². The molecule has 1 fully saturated rings. The number of hydrogen-bond acceptors (Lipinski definition) is 5. The zero-order chi connectivity index (χ0) is 18.1. The van der Waals surface area contributed by atoms with Gasteiger partial charge in [0.25, 0.3) is 5.56 Å². The lowest BCUT2D eigenvalue weighted by Gasteiger charge is -2.16. The summed E-state index contributed by atoms with van der Waals surface area (Å²) in [7, 11) is 1.56. The molecule has 4 rings (SSSR count). The van der Waals surface area contributed by atoms with Gasteiger partial charge in [0.1, 0.15) is 23.6 Å². The summed E-state index contributed by atoms with van der Waals surface area (Å²) in [5.41, 5.74) is 1.36. The maximum absolute atomic E-state index is 13.3. The first-order valence-corrected chi connectivity index (χ1v) is 8.53. The molecule has 0 amide bonds. The lowest BCUT2D eigenvalue weighted by atomic mass is 10.2. The predicted molar refractivity (Wildman–Crippen MR) is 97.7 cm³/mol. The molecular weight excluding hydrogens is 335 g/mol. The zero-order valence-corrected chi connectivity index (χ0v) is 14.4.